The zero-order chi connectivity index (χ0) is 10.0. The van der Waals surface area contributed by atoms with Gasteiger partial charge in [-0.2, -0.15) is 0 Å². The first-order valence-corrected chi connectivity index (χ1v) is 3.60. The predicted octanol–water partition coefficient (Wildman–Crippen LogP) is 2.06. The third-order valence-electron chi connectivity index (χ3n) is 1.62. The minimum absolute atomic E-state index is 0.0837. The molecule has 1 rings (SSSR count). The van der Waals surface area contributed by atoms with Crippen LogP contribution in [0.1, 0.15) is 15.9 Å². The van der Waals surface area contributed by atoms with Crippen molar-refractivity contribution in [3.05, 3.63) is 34.9 Å². The van der Waals surface area contributed by atoms with Gasteiger partial charge in [-0.3, -0.25) is 0 Å². The molecule has 0 atom stereocenters. The smallest absolute Gasteiger partial charge is 0.340 e. The van der Waals surface area contributed by atoms with Crippen molar-refractivity contribution in [2.75, 3.05) is 7.11 Å². The second kappa shape index (κ2) is 3.51. The van der Waals surface area contributed by atoms with Gasteiger partial charge in [0, 0.05) is 0 Å². The molecule has 4 heteroatoms. The van der Waals surface area contributed by atoms with E-state index in [1.165, 1.54) is 6.92 Å². The Labute approximate surface area is 74.1 Å². The molecule has 0 amide bonds. The van der Waals surface area contributed by atoms with Crippen molar-refractivity contribution < 1.29 is 18.3 Å². The highest BCUT2D eigenvalue weighted by Gasteiger charge is 2.15. The van der Waals surface area contributed by atoms with E-state index < -0.39 is 17.6 Å². The summed E-state index contributed by atoms with van der Waals surface area (Å²) in [5.74, 6) is -2.27. The van der Waals surface area contributed by atoms with E-state index in [4.69, 9.17) is 0 Å². The van der Waals surface area contributed by atoms with Gasteiger partial charge in [-0.1, -0.05) is 0 Å². The Morgan fingerprint density at radius 2 is 2.00 bits per heavy atom. The van der Waals surface area contributed by atoms with Gasteiger partial charge >= 0.3 is 5.97 Å². The molecule has 0 spiro atoms. The lowest BCUT2D eigenvalue weighted by Gasteiger charge is -2.03. The van der Waals surface area contributed by atoms with E-state index in [-0.39, 0.29) is 11.1 Å². The van der Waals surface area contributed by atoms with E-state index in [2.05, 4.69) is 4.74 Å². The summed E-state index contributed by atoms with van der Waals surface area (Å²) < 4.78 is 30.2. The molecule has 0 bridgehead atoms. The number of hydrogen-bond donors (Lipinski definition) is 0. The van der Waals surface area contributed by atoms with E-state index in [9.17, 15) is 13.6 Å². The van der Waals surface area contributed by atoms with Gasteiger partial charge in [0.15, 0.2) is 0 Å². The number of halogens is 2. The van der Waals surface area contributed by atoms with Crippen LogP contribution in [0.2, 0.25) is 0 Å². The van der Waals surface area contributed by atoms with Gasteiger partial charge in [0.05, 0.1) is 12.7 Å². The molecule has 0 unspecified atom stereocenters. The molecule has 70 valence electrons. The molecule has 1 aromatic rings. The van der Waals surface area contributed by atoms with Crippen molar-refractivity contribution in [2.45, 2.75) is 6.92 Å². The maximum absolute atomic E-state index is 13.2. The Hall–Kier alpha value is -1.45. The molecule has 0 aliphatic heterocycles. The standard InChI is InChI=1S/C9H8F2O2/c1-5-3-6(10)4-7(8(5)11)9(12)13-2/h3-4H,1-2H3. The summed E-state index contributed by atoms with van der Waals surface area (Å²) >= 11 is 0. The molecule has 13 heavy (non-hydrogen) atoms. The number of aryl methyl sites for hydroxylation is 1. The topological polar surface area (TPSA) is 26.3 Å². The number of carbonyl (C=O) groups is 1. The average Bonchev–Trinajstić information content (AvgIpc) is 2.10. The molecular formula is C9H8F2O2. The molecule has 0 heterocycles. The second-order valence-corrected chi connectivity index (χ2v) is 2.58. The maximum atomic E-state index is 13.2. The molecular weight excluding hydrogens is 178 g/mol. The highest BCUT2D eigenvalue weighted by molar-refractivity contribution is 5.89. The summed E-state index contributed by atoms with van der Waals surface area (Å²) in [4.78, 5) is 10.9. The summed E-state index contributed by atoms with van der Waals surface area (Å²) in [7, 11) is 1.11. The summed E-state index contributed by atoms with van der Waals surface area (Å²) in [5, 5.41) is 0. The van der Waals surface area contributed by atoms with Gasteiger partial charge in [0.2, 0.25) is 0 Å². The van der Waals surface area contributed by atoms with E-state index in [1.807, 2.05) is 0 Å². The van der Waals surface area contributed by atoms with Crippen molar-refractivity contribution in [2.24, 2.45) is 0 Å². The molecule has 0 aliphatic carbocycles. The van der Waals surface area contributed by atoms with E-state index in [0.29, 0.717) is 0 Å². The Balaban J connectivity index is 3.28. The summed E-state index contributed by atoms with van der Waals surface area (Å²) in [5.41, 5.74) is -0.291. The SMILES string of the molecule is COC(=O)c1cc(F)cc(C)c1F. The van der Waals surface area contributed by atoms with E-state index in [1.54, 1.807) is 0 Å². The van der Waals surface area contributed by atoms with Gasteiger partial charge in [-0.25, -0.2) is 13.6 Å². The molecule has 0 N–H and O–H groups in total. The molecule has 0 aliphatic rings. The van der Waals surface area contributed by atoms with Crippen LogP contribution in [0.5, 0.6) is 0 Å². The van der Waals surface area contributed by atoms with E-state index >= 15 is 0 Å². The summed E-state index contributed by atoms with van der Waals surface area (Å²) in [6.07, 6.45) is 0. The molecule has 1 aromatic carbocycles. The van der Waals surface area contributed by atoms with Gasteiger partial charge in [0.25, 0.3) is 0 Å². The fourth-order valence-corrected chi connectivity index (χ4v) is 0.984. The zero-order valence-corrected chi connectivity index (χ0v) is 7.23. The van der Waals surface area contributed by atoms with Gasteiger partial charge < -0.3 is 4.74 Å². The normalized spacial score (nSPS) is 9.85. The Morgan fingerprint density at radius 3 is 2.54 bits per heavy atom. The lowest BCUT2D eigenvalue weighted by molar-refractivity contribution is 0.0594. The first-order valence-electron chi connectivity index (χ1n) is 3.60. The number of esters is 1. The van der Waals surface area contributed by atoms with Crippen LogP contribution in [0.4, 0.5) is 8.78 Å². The molecule has 0 aromatic heterocycles. The third kappa shape index (κ3) is 1.83. The van der Waals surface area contributed by atoms with Crippen LogP contribution in [0.3, 0.4) is 0 Å². The second-order valence-electron chi connectivity index (χ2n) is 2.58. The third-order valence-corrected chi connectivity index (χ3v) is 1.62. The maximum Gasteiger partial charge on any atom is 0.340 e. The summed E-state index contributed by atoms with van der Waals surface area (Å²) in [6, 6.07) is 1.83. The van der Waals surface area contributed by atoms with Crippen molar-refractivity contribution in [3.63, 3.8) is 0 Å². The Morgan fingerprint density at radius 1 is 1.38 bits per heavy atom. The summed E-state index contributed by atoms with van der Waals surface area (Å²) in [6.45, 7) is 1.38. The van der Waals surface area contributed by atoms with Crippen LogP contribution >= 0.6 is 0 Å². The van der Waals surface area contributed by atoms with Crippen molar-refractivity contribution in [1.29, 1.82) is 0 Å². The first-order chi connectivity index (χ1) is 6.06. The average molecular weight is 186 g/mol. The van der Waals surface area contributed by atoms with Gasteiger partial charge in [-0.15, -0.1) is 0 Å². The van der Waals surface area contributed by atoms with Crippen molar-refractivity contribution in [3.8, 4) is 0 Å². The number of carbonyl (C=O) groups excluding carboxylic acids is 1. The monoisotopic (exact) mass is 186 g/mol. The zero-order valence-electron chi connectivity index (χ0n) is 7.23. The number of hydrogen-bond acceptors (Lipinski definition) is 2. The minimum atomic E-state index is -0.875. The fourth-order valence-electron chi connectivity index (χ4n) is 0.984. The van der Waals surface area contributed by atoms with E-state index in [0.717, 1.165) is 19.2 Å². The first kappa shape index (κ1) is 9.64. The predicted molar refractivity (Wildman–Crippen MR) is 42.4 cm³/mol. The van der Waals surface area contributed by atoms with Crippen LogP contribution in [0.15, 0.2) is 12.1 Å². The number of methoxy groups -OCH3 is 1. The van der Waals surface area contributed by atoms with Gasteiger partial charge in [-0.05, 0) is 24.6 Å². The van der Waals surface area contributed by atoms with Crippen LogP contribution in [0, 0.1) is 18.6 Å². The Bertz CT molecular complexity index is 348. The largest absolute Gasteiger partial charge is 0.465 e. The highest BCUT2D eigenvalue weighted by Crippen LogP contribution is 2.15. The van der Waals surface area contributed by atoms with Crippen molar-refractivity contribution >= 4 is 5.97 Å². The fraction of sp³-hybridized carbons (Fsp3) is 0.222. The minimum Gasteiger partial charge on any atom is -0.465 e. The quantitative estimate of drug-likeness (QED) is 0.627. The molecule has 2 nitrogen and oxygen atoms in total. The number of benzene rings is 1. The molecule has 0 saturated carbocycles. The van der Waals surface area contributed by atoms with Crippen LogP contribution < -0.4 is 0 Å². The lowest BCUT2D eigenvalue weighted by Crippen LogP contribution is -2.06. The van der Waals surface area contributed by atoms with Crippen LogP contribution in [-0.2, 0) is 4.74 Å². The number of rotatable bonds is 1. The number of ether oxygens (including phenoxy) is 1. The molecule has 0 saturated heterocycles. The van der Waals surface area contributed by atoms with Gasteiger partial charge in [0.1, 0.15) is 11.6 Å². The Kier molecular flexibility index (Phi) is 2.60. The van der Waals surface area contributed by atoms with Crippen LogP contribution in [-0.4, -0.2) is 13.1 Å². The lowest BCUT2D eigenvalue weighted by atomic mass is 10.1. The molecule has 0 radical (unpaired) electrons. The molecule has 0 fully saturated rings. The van der Waals surface area contributed by atoms with Crippen molar-refractivity contribution in [1.82, 2.24) is 0 Å². The highest BCUT2D eigenvalue weighted by atomic mass is 19.1. The van der Waals surface area contributed by atoms with Crippen LogP contribution in [0.25, 0.3) is 0 Å².